The average Bonchev–Trinajstić information content (AvgIpc) is 2.68. The van der Waals surface area contributed by atoms with Gasteiger partial charge in [0.15, 0.2) is 9.84 Å². The summed E-state index contributed by atoms with van der Waals surface area (Å²) < 4.78 is 26.1. The summed E-state index contributed by atoms with van der Waals surface area (Å²) in [5, 5.41) is -0.627. The Bertz CT molecular complexity index is 1120. The van der Waals surface area contributed by atoms with Crippen LogP contribution in [0.2, 0.25) is 0 Å². The number of nitrogens with one attached hydrogen (secondary N) is 1. The number of hydrogen-bond donors (Lipinski definition) is 1. The lowest BCUT2D eigenvalue weighted by molar-refractivity contribution is 0.469. The van der Waals surface area contributed by atoms with Crippen molar-refractivity contribution in [2.45, 2.75) is 29.9 Å². The van der Waals surface area contributed by atoms with Crippen LogP contribution in [0.5, 0.6) is 0 Å². The van der Waals surface area contributed by atoms with E-state index in [1.807, 2.05) is 37.3 Å². The summed E-state index contributed by atoms with van der Waals surface area (Å²) in [6.45, 7) is 1.92. The van der Waals surface area contributed by atoms with Crippen LogP contribution in [0.15, 0.2) is 70.4 Å². The van der Waals surface area contributed by atoms with Crippen LogP contribution < -0.4 is 5.56 Å². The Labute approximate surface area is 158 Å². The van der Waals surface area contributed by atoms with Crippen molar-refractivity contribution in [1.29, 1.82) is 0 Å². The van der Waals surface area contributed by atoms with Gasteiger partial charge < -0.3 is 4.98 Å². The number of hydrogen-bond acceptors (Lipinski definition) is 4. The smallest absolute Gasteiger partial charge is 0.254 e. The van der Waals surface area contributed by atoms with Crippen LogP contribution in [0, 0.1) is 5.92 Å². The van der Waals surface area contributed by atoms with Crippen LogP contribution in [0.25, 0.3) is 11.4 Å². The molecule has 0 saturated carbocycles. The molecule has 2 unspecified atom stereocenters. The van der Waals surface area contributed by atoms with Crippen LogP contribution in [-0.4, -0.2) is 23.6 Å². The molecule has 6 heteroatoms. The molecule has 5 nitrogen and oxygen atoms in total. The first-order chi connectivity index (χ1) is 13.0. The Kier molecular flexibility index (Phi) is 4.44. The van der Waals surface area contributed by atoms with Crippen LogP contribution in [0.4, 0.5) is 0 Å². The molecular weight excluding hydrogens is 360 g/mol. The maximum Gasteiger partial charge on any atom is 0.254 e. The number of aromatic amines is 1. The first kappa shape index (κ1) is 17.7. The van der Waals surface area contributed by atoms with E-state index in [0.29, 0.717) is 28.4 Å². The van der Waals surface area contributed by atoms with Crippen molar-refractivity contribution >= 4 is 9.84 Å². The van der Waals surface area contributed by atoms with Gasteiger partial charge >= 0.3 is 0 Å². The molecule has 2 aromatic carbocycles. The minimum absolute atomic E-state index is 0.124. The number of aromatic nitrogens is 2. The van der Waals surface area contributed by atoms with Crippen LogP contribution in [0.3, 0.4) is 0 Å². The molecule has 0 bridgehead atoms. The number of H-pyrrole nitrogens is 1. The lowest BCUT2D eigenvalue weighted by Gasteiger charge is -2.29. The summed E-state index contributed by atoms with van der Waals surface area (Å²) in [7, 11) is -3.51. The first-order valence-electron chi connectivity index (χ1n) is 8.93. The third kappa shape index (κ3) is 3.21. The zero-order valence-corrected chi connectivity index (χ0v) is 15.7. The van der Waals surface area contributed by atoms with Crippen LogP contribution >= 0.6 is 0 Å². The quantitative estimate of drug-likeness (QED) is 0.757. The van der Waals surface area contributed by atoms with E-state index in [4.69, 9.17) is 0 Å². The van der Waals surface area contributed by atoms with Crippen molar-refractivity contribution in [1.82, 2.24) is 9.97 Å². The Morgan fingerprint density at radius 2 is 1.59 bits per heavy atom. The molecule has 0 saturated heterocycles. The fourth-order valence-corrected chi connectivity index (χ4v) is 5.68. The number of sulfone groups is 1. The molecule has 1 aliphatic rings. The number of nitrogens with zero attached hydrogens (tertiary/aromatic N) is 1. The van der Waals surface area contributed by atoms with Crippen molar-refractivity contribution in [2.24, 2.45) is 5.92 Å². The van der Waals surface area contributed by atoms with Gasteiger partial charge in [0, 0.05) is 11.1 Å². The molecule has 0 aliphatic heterocycles. The molecule has 27 heavy (non-hydrogen) atoms. The Balaban J connectivity index is 1.74. The van der Waals surface area contributed by atoms with Gasteiger partial charge in [0.25, 0.3) is 5.56 Å². The van der Waals surface area contributed by atoms with Gasteiger partial charge in [-0.05, 0) is 30.9 Å². The maximum absolute atomic E-state index is 13.1. The third-order valence-corrected chi connectivity index (χ3v) is 7.53. The molecule has 1 heterocycles. The highest BCUT2D eigenvalue weighted by molar-refractivity contribution is 7.92. The van der Waals surface area contributed by atoms with E-state index in [9.17, 15) is 13.2 Å². The number of benzene rings is 2. The van der Waals surface area contributed by atoms with E-state index in [-0.39, 0.29) is 17.9 Å². The second-order valence-electron chi connectivity index (χ2n) is 6.99. The predicted octanol–water partition coefficient (Wildman–Crippen LogP) is 3.01. The number of rotatable bonds is 3. The molecular formula is C21H20N2O3S. The lowest BCUT2D eigenvalue weighted by Crippen LogP contribution is -2.39. The standard InChI is InChI=1S/C21H20N2O3S/c1-14-12-18-17(13-19(14)27(25,26)16-10-6-3-7-11-16)21(24)23-20(22-18)15-8-4-2-5-9-15/h2-11,14,19H,12-13H2,1H3,(H,22,23,24). The summed E-state index contributed by atoms with van der Waals surface area (Å²) in [6, 6.07) is 17.9. The highest BCUT2D eigenvalue weighted by atomic mass is 32.2. The average molecular weight is 380 g/mol. The zero-order valence-electron chi connectivity index (χ0n) is 14.9. The Hall–Kier alpha value is -2.73. The van der Waals surface area contributed by atoms with E-state index < -0.39 is 15.1 Å². The second kappa shape index (κ2) is 6.78. The minimum atomic E-state index is -3.51. The van der Waals surface area contributed by atoms with Crippen molar-refractivity contribution < 1.29 is 8.42 Å². The van der Waals surface area contributed by atoms with Gasteiger partial charge in [-0.15, -0.1) is 0 Å². The van der Waals surface area contributed by atoms with E-state index in [1.54, 1.807) is 30.3 Å². The van der Waals surface area contributed by atoms with E-state index in [0.717, 1.165) is 5.56 Å². The van der Waals surface area contributed by atoms with Gasteiger partial charge in [-0.25, -0.2) is 13.4 Å². The van der Waals surface area contributed by atoms with Crippen molar-refractivity contribution in [3.63, 3.8) is 0 Å². The van der Waals surface area contributed by atoms with Crippen molar-refractivity contribution in [3.8, 4) is 11.4 Å². The normalized spacial score (nSPS) is 19.4. The van der Waals surface area contributed by atoms with E-state index >= 15 is 0 Å². The van der Waals surface area contributed by atoms with Gasteiger partial charge in [0.05, 0.1) is 15.8 Å². The van der Waals surface area contributed by atoms with Crippen molar-refractivity contribution in [2.75, 3.05) is 0 Å². The Morgan fingerprint density at radius 3 is 2.26 bits per heavy atom. The molecule has 3 aromatic rings. The third-order valence-electron chi connectivity index (χ3n) is 5.17. The lowest BCUT2D eigenvalue weighted by atomic mass is 9.88. The summed E-state index contributed by atoms with van der Waals surface area (Å²) in [4.78, 5) is 20.4. The molecule has 1 aliphatic carbocycles. The summed E-state index contributed by atoms with van der Waals surface area (Å²) in [6.07, 6.45) is 0.654. The first-order valence-corrected chi connectivity index (χ1v) is 10.5. The fraction of sp³-hybridized carbons (Fsp3) is 0.238. The summed E-state index contributed by atoms with van der Waals surface area (Å²) >= 11 is 0. The van der Waals surface area contributed by atoms with E-state index in [2.05, 4.69) is 9.97 Å². The molecule has 1 aromatic heterocycles. The molecule has 4 rings (SSSR count). The topological polar surface area (TPSA) is 79.9 Å². The molecule has 0 radical (unpaired) electrons. The maximum atomic E-state index is 13.1. The largest absolute Gasteiger partial charge is 0.306 e. The summed E-state index contributed by atoms with van der Waals surface area (Å²) in [5.74, 6) is 0.400. The molecule has 0 fully saturated rings. The minimum Gasteiger partial charge on any atom is -0.306 e. The highest BCUT2D eigenvalue weighted by Gasteiger charge is 2.38. The van der Waals surface area contributed by atoms with Crippen molar-refractivity contribution in [3.05, 3.63) is 82.3 Å². The van der Waals surface area contributed by atoms with Crippen LogP contribution in [0.1, 0.15) is 18.2 Å². The molecule has 1 N–H and O–H groups in total. The van der Waals surface area contributed by atoms with Gasteiger partial charge in [0.2, 0.25) is 0 Å². The van der Waals surface area contributed by atoms with Gasteiger partial charge in [-0.2, -0.15) is 0 Å². The van der Waals surface area contributed by atoms with Gasteiger partial charge in [-0.1, -0.05) is 55.5 Å². The zero-order chi connectivity index (χ0) is 19.0. The SMILES string of the molecule is CC1Cc2nc(-c3ccccc3)[nH]c(=O)c2CC1S(=O)(=O)c1ccccc1. The van der Waals surface area contributed by atoms with Gasteiger partial charge in [0.1, 0.15) is 5.82 Å². The molecule has 0 spiro atoms. The van der Waals surface area contributed by atoms with E-state index in [1.165, 1.54) is 0 Å². The van der Waals surface area contributed by atoms with Crippen LogP contribution in [-0.2, 0) is 22.7 Å². The summed E-state index contributed by atoms with van der Waals surface area (Å²) in [5.41, 5.74) is 1.77. The molecule has 0 amide bonds. The fourth-order valence-electron chi connectivity index (χ4n) is 3.70. The van der Waals surface area contributed by atoms with Gasteiger partial charge in [-0.3, -0.25) is 4.79 Å². The predicted molar refractivity (Wildman–Crippen MR) is 104 cm³/mol. The molecule has 2 atom stereocenters. The molecule has 138 valence electrons. The highest BCUT2D eigenvalue weighted by Crippen LogP contribution is 2.31. The second-order valence-corrected chi connectivity index (χ2v) is 9.15. The number of fused-ring (bicyclic) bond motifs is 1. The monoisotopic (exact) mass is 380 g/mol. The Morgan fingerprint density at radius 1 is 0.963 bits per heavy atom.